The Kier molecular flexibility index (Phi) is 5.90. The highest BCUT2D eigenvalue weighted by Gasteiger charge is 2.69. The fraction of sp³-hybridized carbons (Fsp3) is 0.160. The predicted octanol–water partition coefficient (Wildman–Crippen LogP) is 3.44. The zero-order chi connectivity index (χ0) is 27.4. The molecule has 1 atom stereocenters. The standard InChI is InChI=1S/C25H18F3N3O6S/c1-37-24(34)29-16-5-8-21-18(10-16)25(23(33)30(21)12-14-3-2-4-15(26)9-14)31(22(32)13-38(25,35)36)17-6-7-19(27)20(28)11-17/h2-11H,12-13H2,1H3,(H,29,34). The summed E-state index contributed by atoms with van der Waals surface area (Å²) in [7, 11) is -3.54. The van der Waals surface area contributed by atoms with Crippen molar-refractivity contribution in [2.75, 3.05) is 28.0 Å². The molecule has 2 heterocycles. The van der Waals surface area contributed by atoms with Crippen molar-refractivity contribution in [3.8, 4) is 0 Å². The van der Waals surface area contributed by atoms with Gasteiger partial charge in [-0.05, 0) is 48.0 Å². The number of ether oxygens (including phenoxy) is 1. The molecule has 38 heavy (non-hydrogen) atoms. The van der Waals surface area contributed by atoms with Gasteiger partial charge in [-0.1, -0.05) is 12.1 Å². The molecule has 196 valence electrons. The van der Waals surface area contributed by atoms with Crippen molar-refractivity contribution in [3.05, 3.63) is 89.2 Å². The lowest BCUT2D eigenvalue weighted by molar-refractivity contribution is -0.123. The Bertz CT molecular complexity index is 1630. The third-order valence-electron chi connectivity index (χ3n) is 6.34. The van der Waals surface area contributed by atoms with Crippen LogP contribution in [0.15, 0.2) is 60.7 Å². The smallest absolute Gasteiger partial charge is 0.411 e. The Balaban J connectivity index is 1.77. The van der Waals surface area contributed by atoms with Crippen LogP contribution in [0.2, 0.25) is 0 Å². The molecule has 3 aromatic carbocycles. The van der Waals surface area contributed by atoms with Crippen LogP contribution in [0.25, 0.3) is 0 Å². The zero-order valence-corrected chi connectivity index (χ0v) is 20.4. The Labute approximate surface area is 214 Å². The van der Waals surface area contributed by atoms with E-state index in [1.807, 2.05) is 0 Å². The Morgan fingerprint density at radius 2 is 1.79 bits per heavy atom. The molecule has 9 nitrogen and oxygen atoms in total. The van der Waals surface area contributed by atoms with E-state index in [0.717, 1.165) is 24.1 Å². The first-order valence-corrected chi connectivity index (χ1v) is 12.7. The van der Waals surface area contributed by atoms with E-state index in [9.17, 15) is 36.0 Å². The number of fused-ring (bicyclic) bond motifs is 2. The highest BCUT2D eigenvalue weighted by atomic mass is 32.2. The number of hydrogen-bond acceptors (Lipinski definition) is 6. The van der Waals surface area contributed by atoms with E-state index in [-0.39, 0.29) is 29.2 Å². The highest BCUT2D eigenvalue weighted by molar-refractivity contribution is 7.94. The Hall–Kier alpha value is -4.39. The quantitative estimate of drug-likeness (QED) is 0.538. The summed E-state index contributed by atoms with van der Waals surface area (Å²) < 4.78 is 73.8. The molecule has 1 fully saturated rings. The Morgan fingerprint density at radius 1 is 1.03 bits per heavy atom. The molecular weight excluding hydrogens is 527 g/mol. The number of sulfone groups is 1. The summed E-state index contributed by atoms with van der Waals surface area (Å²) in [5.41, 5.74) is -0.161. The topological polar surface area (TPSA) is 113 Å². The number of halogens is 3. The monoisotopic (exact) mass is 545 g/mol. The summed E-state index contributed by atoms with van der Waals surface area (Å²) in [5.74, 6) is -6.42. The second-order valence-corrected chi connectivity index (χ2v) is 10.7. The predicted molar refractivity (Wildman–Crippen MR) is 129 cm³/mol. The number of nitrogens with one attached hydrogen (secondary N) is 1. The summed E-state index contributed by atoms with van der Waals surface area (Å²) in [6.45, 7) is -0.273. The lowest BCUT2D eigenvalue weighted by atomic mass is 10.0. The van der Waals surface area contributed by atoms with E-state index < -0.39 is 55.8 Å². The number of carbonyl (C=O) groups is 3. The van der Waals surface area contributed by atoms with Gasteiger partial charge in [0.15, 0.2) is 21.5 Å². The minimum Gasteiger partial charge on any atom is -0.453 e. The van der Waals surface area contributed by atoms with E-state index in [1.54, 1.807) is 0 Å². The van der Waals surface area contributed by atoms with Crippen molar-refractivity contribution in [1.29, 1.82) is 0 Å². The zero-order valence-electron chi connectivity index (χ0n) is 19.6. The number of rotatable bonds is 4. The molecule has 1 saturated heterocycles. The molecular formula is C25H18F3N3O6S. The maximum absolute atomic E-state index is 14.2. The van der Waals surface area contributed by atoms with Crippen LogP contribution in [-0.4, -0.2) is 39.2 Å². The lowest BCUT2D eigenvalue weighted by Gasteiger charge is -2.32. The molecule has 0 aliphatic carbocycles. The summed E-state index contributed by atoms with van der Waals surface area (Å²) in [6.07, 6.45) is -0.886. The number of nitrogens with zero attached hydrogens (tertiary/aromatic N) is 2. The first-order chi connectivity index (χ1) is 18.0. The molecule has 0 saturated carbocycles. The molecule has 3 amide bonds. The van der Waals surface area contributed by atoms with Crippen molar-refractivity contribution < 1.29 is 40.7 Å². The molecule has 0 aromatic heterocycles. The molecule has 1 unspecified atom stereocenters. The molecule has 13 heteroatoms. The average molecular weight is 545 g/mol. The lowest BCUT2D eigenvalue weighted by Crippen LogP contribution is -2.54. The van der Waals surface area contributed by atoms with Gasteiger partial charge >= 0.3 is 6.09 Å². The van der Waals surface area contributed by atoms with E-state index in [0.29, 0.717) is 22.6 Å². The van der Waals surface area contributed by atoms with Crippen LogP contribution in [0, 0.1) is 17.5 Å². The van der Waals surface area contributed by atoms with Gasteiger partial charge in [0.05, 0.1) is 19.3 Å². The van der Waals surface area contributed by atoms with Gasteiger partial charge in [0.1, 0.15) is 11.6 Å². The maximum atomic E-state index is 14.2. The van der Waals surface area contributed by atoms with E-state index in [2.05, 4.69) is 10.1 Å². The number of hydrogen-bond donors (Lipinski definition) is 1. The molecule has 1 spiro atoms. The van der Waals surface area contributed by atoms with Gasteiger partial charge in [-0.25, -0.2) is 26.4 Å². The van der Waals surface area contributed by atoms with Gasteiger partial charge < -0.3 is 9.64 Å². The van der Waals surface area contributed by atoms with Crippen LogP contribution in [0.3, 0.4) is 0 Å². The van der Waals surface area contributed by atoms with Gasteiger partial charge in [0.2, 0.25) is 5.91 Å². The molecule has 2 aliphatic heterocycles. The SMILES string of the molecule is COC(=O)Nc1ccc2c(c1)C1(C(=O)N2Cc2cccc(F)c2)N(c2ccc(F)c(F)c2)C(=O)CS1(=O)=O. The number of amides is 3. The van der Waals surface area contributed by atoms with Crippen molar-refractivity contribution in [2.24, 2.45) is 0 Å². The third kappa shape index (κ3) is 3.69. The number of benzene rings is 3. The third-order valence-corrected chi connectivity index (χ3v) is 8.44. The van der Waals surface area contributed by atoms with Gasteiger partial charge in [-0.3, -0.25) is 19.8 Å². The normalized spacial score (nSPS) is 19.7. The largest absolute Gasteiger partial charge is 0.453 e. The van der Waals surface area contributed by atoms with Crippen LogP contribution in [0.1, 0.15) is 11.1 Å². The summed E-state index contributed by atoms with van der Waals surface area (Å²) >= 11 is 0. The first kappa shape index (κ1) is 25.3. The minimum atomic E-state index is -4.65. The van der Waals surface area contributed by atoms with Crippen LogP contribution in [0.5, 0.6) is 0 Å². The molecule has 0 radical (unpaired) electrons. The number of anilines is 3. The van der Waals surface area contributed by atoms with Crippen molar-refractivity contribution in [1.82, 2.24) is 0 Å². The van der Waals surface area contributed by atoms with E-state index >= 15 is 0 Å². The average Bonchev–Trinajstić information content (AvgIpc) is 3.23. The van der Waals surface area contributed by atoms with Crippen molar-refractivity contribution in [3.63, 3.8) is 0 Å². The number of methoxy groups -OCH3 is 1. The second kappa shape index (κ2) is 8.87. The Morgan fingerprint density at radius 3 is 2.47 bits per heavy atom. The van der Waals surface area contributed by atoms with Gasteiger partial charge in [0.25, 0.3) is 10.8 Å². The number of carbonyl (C=O) groups excluding carboxylic acids is 3. The maximum Gasteiger partial charge on any atom is 0.411 e. The van der Waals surface area contributed by atoms with Gasteiger partial charge in [0, 0.05) is 23.0 Å². The molecule has 3 aromatic rings. The fourth-order valence-corrected chi connectivity index (χ4v) is 6.81. The van der Waals surface area contributed by atoms with Gasteiger partial charge in [-0.15, -0.1) is 0 Å². The summed E-state index contributed by atoms with van der Waals surface area (Å²) in [5, 5.41) is 2.38. The van der Waals surface area contributed by atoms with E-state index in [4.69, 9.17) is 0 Å². The molecule has 5 rings (SSSR count). The van der Waals surface area contributed by atoms with Gasteiger partial charge in [-0.2, -0.15) is 0 Å². The molecule has 0 bridgehead atoms. The van der Waals surface area contributed by atoms with Crippen LogP contribution >= 0.6 is 0 Å². The molecule has 2 aliphatic rings. The molecule has 1 N–H and O–H groups in total. The highest BCUT2D eigenvalue weighted by Crippen LogP contribution is 2.53. The van der Waals surface area contributed by atoms with Crippen molar-refractivity contribution >= 4 is 44.8 Å². The second-order valence-electron chi connectivity index (χ2n) is 8.60. The van der Waals surface area contributed by atoms with Crippen LogP contribution in [0.4, 0.5) is 35.0 Å². The van der Waals surface area contributed by atoms with Crippen LogP contribution < -0.4 is 15.1 Å². The van der Waals surface area contributed by atoms with Crippen LogP contribution in [-0.2, 0) is 35.6 Å². The minimum absolute atomic E-state index is 0.0372. The summed E-state index contributed by atoms with van der Waals surface area (Å²) in [4.78, 5) is 38.1. The fourth-order valence-electron chi connectivity index (χ4n) is 4.78. The summed E-state index contributed by atoms with van der Waals surface area (Å²) in [6, 6.07) is 11.5. The first-order valence-electron chi connectivity index (χ1n) is 11.1. The van der Waals surface area contributed by atoms with Crippen molar-refractivity contribution in [2.45, 2.75) is 11.4 Å². The van der Waals surface area contributed by atoms with E-state index in [1.165, 1.54) is 36.4 Å².